The molecule has 1 heterocycles. The molecule has 0 radical (unpaired) electrons. The van der Waals surface area contributed by atoms with E-state index >= 15 is 0 Å². The second kappa shape index (κ2) is 9.34. The van der Waals surface area contributed by atoms with Crippen LogP contribution in [0.2, 0.25) is 5.02 Å². The summed E-state index contributed by atoms with van der Waals surface area (Å²) >= 11 is 6.23. The van der Waals surface area contributed by atoms with E-state index in [0.29, 0.717) is 29.4 Å². The van der Waals surface area contributed by atoms with Gasteiger partial charge in [-0.1, -0.05) is 29.8 Å². The fraction of sp³-hybridized carbons (Fsp3) is 0.120. The number of rotatable bonds is 7. The number of carbonyl (C=O) groups is 2. The number of imide groups is 1. The molecule has 0 unspecified atom stereocenters. The van der Waals surface area contributed by atoms with E-state index in [4.69, 9.17) is 21.1 Å². The molecule has 0 saturated carbocycles. The zero-order valence-corrected chi connectivity index (χ0v) is 18.7. The molecule has 3 aromatic rings. The summed E-state index contributed by atoms with van der Waals surface area (Å²) in [6.45, 7) is 2.35. The molecule has 3 aromatic carbocycles. The second-order valence-electron chi connectivity index (χ2n) is 7.11. The lowest BCUT2D eigenvalue weighted by Gasteiger charge is -2.16. The highest BCUT2D eigenvalue weighted by Gasteiger charge is 2.40. The Morgan fingerprint density at radius 3 is 2.42 bits per heavy atom. The molecule has 0 saturated heterocycles. The highest BCUT2D eigenvalue weighted by Crippen LogP contribution is 2.37. The Morgan fingerprint density at radius 1 is 1.00 bits per heavy atom. The normalized spacial score (nSPS) is 13.5. The minimum absolute atomic E-state index is 0.0622. The van der Waals surface area contributed by atoms with E-state index in [1.54, 1.807) is 36.4 Å². The van der Waals surface area contributed by atoms with Crippen LogP contribution in [0.25, 0.3) is 5.57 Å². The number of hydrogen-bond donors (Lipinski definition) is 1. The summed E-state index contributed by atoms with van der Waals surface area (Å²) in [5, 5.41) is 3.31. The van der Waals surface area contributed by atoms with Crippen molar-refractivity contribution in [1.82, 2.24) is 0 Å². The molecule has 0 aromatic heterocycles. The Kier molecular flexibility index (Phi) is 6.33. The van der Waals surface area contributed by atoms with Gasteiger partial charge in [0.15, 0.2) is 0 Å². The molecule has 1 aliphatic rings. The fourth-order valence-electron chi connectivity index (χ4n) is 3.53. The Balaban J connectivity index is 1.79. The number of amides is 2. The second-order valence-corrected chi connectivity index (χ2v) is 7.51. The van der Waals surface area contributed by atoms with E-state index in [2.05, 4.69) is 5.32 Å². The number of anilines is 2. The van der Waals surface area contributed by atoms with Gasteiger partial charge in [-0.3, -0.25) is 9.59 Å². The third-order valence-electron chi connectivity index (χ3n) is 5.02. The average Bonchev–Trinajstić information content (AvgIpc) is 3.04. The van der Waals surface area contributed by atoms with Gasteiger partial charge >= 0.3 is 0 Å². The third kappa shape index (κ3) is 4.40. The van der Waals surface area contributed by atoms with Crippen LogP contribution in [0.3, 0.4) is 0 Å². The van der Waals surface area contributed by atoms with Crippen LogP contribution in [-0.4, -0.2) is 25.5 Å². The number of hydrogen-bond acceptors (Lipinski definition) is 5. The quantitative estimate of drug-likeness (QED) is 0.480. The lowest BCUT2D eigenvalue weighted by Crippen LogP contribution is -2.32. The first kappa shape index (κ1) is 22.4. The number of methoxy groups -OCH3 is 1. The summed E-state index contributed by atoms with van der Waals surface area (Å²) in [7, 11) is 1.47. The number of nitrogens with zero attached hydrogens (tertiary/aromatic N) is 1. The van der Waals surface area contributed by atoms with E-state index < -0.39 is 17.6 Å². The summed E-state index contributed by atoms with van der Waals surface area (Å²) < 4.78 is 24.2. The SMILES string of the molecule is CCOc1cccc(NC2=C(c3ccc(F)cc3)C(=O)N(c3ccc(OC)c(Cl)c3)C2=O)c1. The first-order valence-electron chi connectivity index (χ1n) is 10.2. The molecule has 1 aliphatic heterocycles. The van der Waals surface area contributed by atoms with Crippen molar-refractivity contribution < 1.29 is 23.5 Å². The average molecular weight is 467 g/mol. The number of halogens is 2. The molecule has 0 aliphatic carbocycles. The van der Waals surface area contributed by atoms with Crippen LogP contribution in [0.15, 0.2) is 72.4 Å². The number of nitrogens with one attached hydrogen (secondary N) is 1. The van der Waals surface area contributed by atoms with Gasteiger partial charge in [-0.05, 0) is 55.0 Å². The molecular formula is C25H20ClFN2O4. The molecule has 8 heteroatoms. The van der Waals surface area contributed by atoms with Gasteiger partial charge in [0.2, 0.25) is 0 Å². The largest absolute Gasteiger partial charge is 0.495 e. The van der Waals surface area contributed by atoms with Gasteiger partial charge in [-0.25, -0.2) is 9.29 Å². The molecule has 6 nitrogen and oxygen atoms in total. The molecule has 33 heavy (non-hydrogen) atoms. The molecule has 168 valence electrons. The lowest BCUT2D eigenvalue weighted by atomic mass is 10.0. The number of carbonyl (C=O) groups excluding carboxylic acids is 2. The standard InChI is InChI=1S/C25H20ClFN2O4/c1-3-33-19-6-4-5-17(13-19)28-23-22(15-7-9-16(27)10-8-15)24(30)29(25(23)31)18-11-12-21(32-2)20(26)14-18/h4-14,28H,3H2,1-2H3. The van der Waals surface area contributed by atoms with Crippen LogP contribution in [-0.2, 0) is 9.59 Å². The van der Waals surface area contributed by atoms with Crippen molar-refractivity contribution in [3.8, 4) is 11.5 Å². The van der Waals surface area contributed by atoms with E-state index in [0.717, 1.165) is 4.90 Å². The minimum Gasteiger partial charge on any atom is -0.495 e. The predicted octanol–water partition coefficient (Wildman–Crippen LogP) is 5.28. The van der Waals surface area contributed by atoms with E-state index in [-0.39, 0.29) is 22.0 Å². The maximum Gasteiger partial charge on any atom is 0.282 e. The Labute approximate surface area is 195 Å². The Hall–Kier alpha value is -3.84. The van der Waals surface area contributed by atoms with E-state index in [1.165, 1.54) is 37.4 Å². The highest BCUT2D eigenvalue weighted by molar-refractivity contribution is 6.46. The predicted molar refractivity (Wildman–Crippen MR) is 125 cm³/mol. The smallest absolute Gasteiger partial charge is 0.282 e. The van der Waals surface area contributed by atoms with Crippen molar-refractivity contribution in [1.29, 1.82) is 0 Å². The van der Waals surface area contributed by atoms with Gasteiger partial charge in [0.25, 0.3) is 11.8 Å². The third-order valence-corrected chi connectivity index (χ3v) is 5.32. The fourth-order valence-corrected chi connectivity index (χ4v) is 3.79. The van der Waals surface area contributed by atoms with Gasteiger partial charge in [0, 0.05) is 11.8 Å². The Morgan fingerprint density at radius 2 is 1.76 bits per heavy atom. The van der Waals surface area contributed by atoms with E-state index in [9.17, 15) is 14.0 Å². The van der Waals surface area contributed by atoms with Crippen LogP contribution in [0, 0.1) is 5.82 Å². The van der Waals surface area contributed by atoms with Crippen molar-refractivity contribution >= 4 is 40.4 Å². The van der Waals surface area contributed by atoms with Gasteiger partial charge < -0.3 is 14.8 Å². The van der Waals surface area contributed by atoms with Crippen LogP contribution in [0.1, 0.15) is 12.5 Å². The molecule has 0 atom stereocenters. The Bertz CT molecular complexity index is 1260. The maximum absolute atomic E-state index is 13.5. The topological polar surface area (TPSA) is 67.9 Å². The first-order chi connectivity index (χ1) is 15.9. The monoisotopic (exact) mass is 466 g/mol. The van der Waals surface area contributed by atoms with Crippen molar-refractivity contribution in [2.75, 3.05) is 23.9 Å². The molecule has 4 rings (SSSR count). The van der Waals surface area contributed by atoms with Crippen LogP contribution < -0.4 is 19.7 Å². The van der Waals surface area contributed by atoms with Gasteiger partial charge in [-0.2, -0.15) is 0 Å². The molecule has 0 fully saturated rings. The lowest BCUT2D eigenvalue weighted by molar-refractivity contribution is -0.120. The van der Waals surface area contributed by atoms with Gasteiger partial charge in [-0.15, -0.1) is 0 Å². The summed E-state index contributed by atoms with van der Waals surface area (Å²) in [5.74, 6) is -0.549. The number of ether oxygens (including phenoxy) is 2. The molecule has 0 spiro atoms. The van der Waals surface area contributed by atoms with Crippen molar-refractivity contribution in [2.24, 2.45) is 0 Å². The summed E-state index contributed by atoms with van der Waals surface area (Å²) in [6, 6.07) is 17.1. The molecule has 0 bridgehead atoms. The van der Waals surface area contributed by atoms with Crippen molar-refractivity contribution in [3.63, 3.8) is 0 Å². The summed E-state index contributed by atoms with van der Waals surface area (Å²) in [5.41, 5.74) is 1.43. The van der Waals surface area contributed by atoms with Crippen LogP contribution >= 0.6 is 11.6 Å². The van der Waals surface area contributed by atoms with E-state index in [1.807, 2.05) is 6.92 Å². The van der Waals surface area contributed by atoms with Crippen molar-refractivity contribution in [2.45, 2.75) is 6.92 Å². The van der Waals surface area contributed by atoms with Gasteiger partial charge in [0.05, 0.1) is 30.0 Å². The maximum atomic E-state index is 13.5. The summed E-state index contributed by atoms with van der Waals surface area (Å²) in [6.07, 6.45) is 0. The molecule has 2 amide bonds. The number of benzene rings is 3. The minimum atomic E-state index is -0.567. The van der Waals surface area contributed by atoms with Crippen molar-refractivity contribution in [3.05, 3.63) is 88.8 Å². The first-order valence-corrected chi connectivity index (χ1v) is 10.5. The highest BCUT2D eigenvalue weighted by atomic mass is 35.5. The van der Waals surface area contributed by atoms with Crippen LogP contribution in [0.4, 0.5) is 15.8 Å². The molecular weight excluding hydrogens is 447 g/mol. The zero-order chi connectivity index (χ0) is 23.5. The summed E-state index contributed by atoms with van der Waals surface area (Å²) in [4.78, 5) is 27.9. The van der Waals surface area contributed by atoms with Gasteiger partial charge in [0.1, 0.15) is 23.0 Å². The zero-order valence-electron chi connectivity index (χ0n) is 17.9. The molecule has 1 N–H and O–H groups in total. The van der Waals surface area contributed by atoms with Crippen LogP contribution in [0.5, 0.6) is 11.5 Å².